The molecule has 1 heterocycles. The van der Waals surface area contributed by atoms with Gasteiger partial charge in [-0.3, -0.25) is 4.79 Å². The zero-order chi connectivity index (χ0) is 9.84. The molecule has 1 aromatic heterocycles. The number of nitrogens with zero attached hydrogens (tertiary/aromatic N) is 2. The number of anilines is 1. The molecule has 1 rings (SSSR count). The monoisotopic (exact) mass is 263 g/mol. The predicted octanol–water partition coefficient (Wildman–Crippen LogP) is 1.85. The Bertz CT molecular complexity index is 318. The minimum atomic E-state index is -0.263. The van der Waals surface area contributed by atoms with Gasteiger partial charge in [-0.2, -0.15) is 0 Å². The van der Waals surface area contributed by atoms with E-state index in [1.165, 1.54) is 6.20 Å². The van der Waals surface area contributed by atoms with Gasteiger partial charge in [-0.25, -0.2) is 9.97 Å². The maximum absolute atomic E-state index is 11.2. The van der Waals surface area contributed by atoms with Crippen LogP contribution in [0.2, 0.25) is 5.28 Å². The van der Waals surface area contributed by atoms with Crippen molar-refractivity contribution in [1.82, 2.24) is 9.97 Å². The summed E-state index contributed by atoms with van der Waals surface area (Å²) in [7, 11) is 0. The van der Waals surface area contributed by atoms with E-state index in [1.807, 2.05) is 0 Å². The molecule has 70 valence electrons. The first-order chi connectivity index (χ1) is 6.09. The van der Waals surface area contributed by atoms with Gasteiger partial charge >= 0.3 is 0 Å². The van der Waals surface area contributed by atoms with Crippen LogP contribution in [0.4, 0.5) is 5.82 Å². The van der Waals surface area contributed by atoms with Crippen LogP contribution in [0, 0.1) is 0 Å². The van der Waals surface area contributed by atoms with Gasteiger partial charge in [0.2, 0.25) is 11.2 Å². The molecule has 0 saturated carbocycles. The minimum absolute atomic E-state index is 0.111. The summed E-state index contributed by atoms with van der Waals surface area (Å²) in [5.74, 6) is 0.228. The van der Waals surface area contributed by atoms with Gasteiger partial charge in [-0.1, -0.05) is 15.9 Å². The Labute approximate surface area is 88.8 Å². The molecule has 0 saturated heterocycles. The molecule has 1 aromatic rings. The van der Waals surface area contributed by atoms with Gasteiger partial charge < -0.3 is 5.32 Å². The normalized spacial score (nSPS) is 12.2. The molecule has 0 aliphatic rings. The fraction of sp³-hybridized carbons (Fsp3) is 0.286. The Morgan fingerprint density at radius 3 is 3.00 bits per heavy atom. The summed E-state index contributed by atoms with van der Waals surface area (Å²) in [5.41, 5.74) is 0. The molecule has 13 heavy (non-hydrogen) atoms. The summed E-state index contributed by atoms with van der Waals surface area (Å²) in [6.45, 7) is 1.72. The molecule has 6 heteroatoms. The van der Waals surface area contributed by atoms with Crippen LogP contribution in [0.25, 0.3) is 0 Å². The van der Waals surface area contributed by atoms with Crippen molar-refractivity contribution in [2.75, 3.05) is 5.32 Å². The molecule has 1 atom stereocenters. The maximum atomic E-state index is 11.2. The van der Waals surface area contributed by atoms with E-state index in [1.54, 1.807) is 13.0 Å². The van der Waals surface area contributed by atoms with Gasteiger partial charge in [0.15, 0.2) is 0 Å². The largest absolute Gasteiger partial charge is 0.310 e. The van der Waals surface area contributed by atoms with Gasteiger partial charge in [0, 0.05) is 6.20 Å². The summed E-state index contributed by atoms with van der Waals surface area (Å²) >= 11 is 8.65. The highest BCUT2D eigenvalue weighted by Crippen LogP contribution is 2.07. The average molecular weight is 265 g/mol. The van der Waals surface area contributed by atoms with Crippen molar-refractivity contribution < 1.29 is 4.79 Å². The number of halogens is 2. The molecule has 0 spiro atoms. The number of nitrogens with one attached hydrogen (secondary N) is 1. The lowest BCUT2D eigenvalue weighted by Gasteiger charge is -2.04. The lowest BCUT2D eigenvalue weighted by Crippen LogP contribution is -2.20. The third kappa shape index (κ3) is 3.28. The Balaban J connectivity index is 2.69. The molecular formula is C7H7BrClN3O. The van der Waals surface area contributed by atoms with Gasteiger partial charge in [0.25, 0.3) is 0 Å². The number of amides is 1. The van der Waals surface area contributed by atoms with E-state index in [4.69, 9.17) is 11.6 Å². The quantitative estimate of drug-likeness (QED) is 0.655. The minimum Gasteiger partial charge on any atom is -0.310 e. The van der Waals surface area contributed by atoms with E-state index in [0.29, 0.717) is 5.82 Å². The number of aromatic nitrogens is 2. The van der Waals surface area contributed by atoms with Crippen LogP contribution in [0.5, 0.6) is 0 Å². The number of rotatable bonds is 2. The van der Waals surface area contributed by atoms with Crippen molar-refractivity contribution >= 4 is 39.3 Å². The molecule has 1 amide bonds. The van der Waals surface area contributed by atoms with Crippen molar-refractivity contribution in [1.29, 1.82) is 0 Å². The number of hydrogen-bond acceptors (Lipinski definition) is 3. The van der Waals surface area contributed by atoms with Crippen molar-refractivity contribution in [3.05, 3.63) is 17.5 Å². The average Bonchev–Trinajstić information content (AvgIpc) is 2.04. The molecule has 1 N–H and O–H groups in total. The van der Waals surface area contributed by atoms with Crippen LogP contribution in [0.1, 0.15) is 6.92 Å². The zero-order valence-corrected chi connectivity index (χ0v) is 9.13. The first kappa shape index (κ1) is 10.4. The topological polar surface area (TPSA) is 54.9 Å². The summed E-state index contributed by atoms with van der Waals surface area (Å²) in [5, 5.41) is 2.67. The second kappa shape index (κ2) is 4.53. The van der Waals surface area contributed by atoms with Crippen LogP contribution < -0.4 is 5.32 Å². The molecule has 0 bridgehead atoms. The van der Waals surface area contributed by atoms with E-state index in [-0.39, 0.29) is 16.0 Å². The van der Waals surface area contributed by atoms with Crippen molar-refractivity contribution in [3.8, 4) is 0 Å². The van der Waals surface area contributed by atoms with Gasteiger partial charge in [-0.15, -0.1) is 0 Å². The molecule has 0 fully saturated rings. The Kier molecular flexibility index (Phi) is 3.62. The number of carbonyl (C=O) groups is 1. The first-order valence-corrected chi connectivity index (χ1v) is 4.82. The van der Waals surface area contributed by atoms with Crippen molar-refractivity contribution in [3.63, 3.8) is 0 Å². The first-order valence-electron chi connectivity index (χ1n) is 3.53. The van der Waals surface area contributed by atoms with Crippen molar-refractivity contribution in [2.24, 2.45) is 0 Å². The van der Waals surface area contributed by atoms with Crippen LogP contribution in [0.15, 0.2) is 12.3 Å². The molecule has 0 radical (unpaired) electrons. The number of hydrogen-bond donors (Lipinski definition) is 1. The van der Waals surface area contributed by atoms with Gasteiger partial charge in [-0.05, 0) is 24.6 Å². The lowest BCUT2D eigenvalue weighted by atomic mass is 10.4. The second-order valence-corrected chi connectivity index (χ2v) is 4.03. The third-order valence-corrected chi connectivity index (χ3v) is 1.84. The van der Waals surface area contributed by atoms with Crippen LogP contribution in [0.3, 0.4) is 0 Å². The van der Waals surface area contributed by atoms with E-state index < -0.39 is 0 Å². The van der Waals surface area contributed by atoms with Crippen LogP contribution in [-0.2, 0) is 4.79 Å². The summed E-state index contributed by atoms with van der Waals surface area (Å²) in [4.78, 5) is 18.4. The fourth-order valence-corrected chi connectivity index (χ4v) is 0.892. The fourth-order valence-electron chi connectivity index (χ4n) is 0.630. The third-order valence-electron chi connectivity index (χ3n) is 1.24. The van der Waals surface area contributed by atoms with E-state index in [0.717, 1.165) is 0 Å². The van der Waals surface area contributed by atoms with E-state index in [2.05, 4.69) is 31.2 Å². The zero-order valence-electron chi connectivity index (χ0n) is 6.79. The molecule has 0 aliphatic carbocycles. The van der Waals surface area contributed by atoms with Gasteiger partial charge in [0.1, 0.15) is 5.82 Å². The molecule has 1 unspecified atom stereocenters. The smallest absolute Gasteiger partial charge is 0.239 e. The molecular weight excluding hydrogens is 257 g/mol. The summed E-state index contributed by atoms with van der Waals surface area (Å²) in [6, 6.07) is 1.57. The second-order valence-electron chi connectivity index (χ2n) is 2.32. The molecule has 0 aromatic carbocycles. The van der Waals surface area contributed by atoms with Crippen molar-refractivity contribution in [2.45, 2.75) is 11.8 Å². The highest BCUT2D eigenvalue weighted by Gasteiger charge is 2.09. The molecule has 4 nitrogen and oxygen atoms in total. The Morgan fingerprint density at radius 2 is 2.46 bits per heavy atom. The van der Waals surface area contributed by atoms with E-state index >= 15 is 0 Å². The number of carbonyl (C=O) groups excluding carboxylic acids is 1. The SMILES string of the molecule is CC(Br)C(=O)Nc1ccnc(Cl)n1. The number of alkyl halides is 1. The predicted molar refractivity (Wildman–Crippen MR) is 54.1 cm³/mol. The highest BCUT2D eigenvalue weighted by atomic mass is 79.9. The van der Waals surface area contributed by atoms with Gasteiger partial charge in [0.05, 0.1) is 4.83 Å². The summed E-state index contributed by atoms with van der Waals surface area (Å²) < 4.78 is 0. The Morgan fingerprint density at radius 1 is 1.77 bits per heavy atom. The highest BCUT2D eigenvalue weighted by molar-refractivity contribution is 9.10. The maximum Gasteiger partial charge on any atom is 0.239 e. The summed E-state index contributed by atoms with van der Waals surface area (Å²) in [6.07, 6.45) is 1.48. The van der Waals surface area contributed by atoms with Crippen LogP contribution in [-0.4, -0.2) is 20.7 Å². The molecule has 0 aliphatic heterocycles. The lowest BCUT2D eigenvalue weighted by molar-refractivity contribution is -0.115. The van der Waals surface area contributed by atoms with Crippen LogP contribution >= 0.6 is 27.5 Å². The van der Waals surface area contributed by atoms with E-state index in [9.17, 15) is 4.79 Å². The standard InChI is InChI=1S/C7H7BrClN3O/c1-4(8)6(13)11-5-2-3-10-7(9)12-5/h2-4H,1H3,(H,10,11,12,13). The Hall–Kier alpha value is -0.680.